The zero-order valence-corrected chi connectivity index (χ0v) is 16.0. The number of rotatable bonds is 4. The second-order valence-corrected chi connectivity index (χ2v) is 7.37. The fourth-order valence-corrected chi connectivity index (χ4v) is 4.05. The van der Waals surface area contributed by atoms with Crippen LogP contribution < -0.4 is 20.3 Å². The van der Waals surface area contributed by atoms with Gasteiger partial charge in [-0.05, 0) is 61.2 Å². The van der Waals surface area contributed by atoms with Gasteiger partial charge in [-0.15, -0.1) is 0 Å². The van der Waals surface area contributed by atoms with Crippen molar-refractivity contribution in [3.05, 3.63) is 48.0 Å². The van der Waals surface area contributed by atoms with E-state index < -0.39 is 0 Å². The van der Waals surface area contributed by atoms with Crippen LogP contribution in [0, 0.1) is 5.92 Å². The molecule has 3 amide bonds. The monoisotopic (exact) mass is 379 g/mol. The average Bonchev–Trinajstić information content (AvgIpc) is 3.38. The molecule has 1 aliphatic carbocycles. The topological polar surface area (TPSA) is 70.7 Å². The number of carbonyl (C=O) groups excluding carboxylic acids is 2. The molecule has 28 heavy (non-hydrogen) atoms. The third kappa shape index (κ3) is 3.81. The number of ether oxygens (including phenoxy) is 1. The van der Waals surface area contributed by atoms with Gasteiger partial charge in [0.2, 0.25) is 5.91 Å². The van der Waals surface area contributed by atoms with E-state index in [0.29, 0.717) is 11.4 Å². The van der Waals surface area contributed by atoms with E-state index >= 15 is 0 Å². The van der Waals surface area contributed by atoms with Crippen molar-refractivity contribution in [3.63, 3.8) is 0 Å². The van der Waals surface area contributed by atoms with Crippen molar-refractivity contribution in [2.45, 2.75) is 32.1 Å². The third-order valence-electron chi connectivity index (χ3n) is 5.56. The summed E-state index contributed by atoms with van der Waals surface area (Å²) in [5, 5.41) is 5.66. The van der Waals surface area contributed by atoms with Crippen LogP contribution in [0.15, 0.2) is 42.5 Å². The molecule has 0 atom stereocenters. The molecule has 2 N–H and O–H groups in total. The van der Waals surface area contributed by atoms with Crippen molar-refractivity contribution in [2.75, 3.05) is 29.2 Å². The Balaban J connectivity index is 1.43. The number of benzene rings is 2. The number of fused-ring (bicyclic) bond motifs is 1. The molecular weight excluding hydrogens is 354 g/mol. The Hall–Kier alpha value is -3.02. The van der Waals surface area contributed by atoms with Gasteiger partial charge in [0.1, 0.15) is 5.75 Å². The third-order valence-corrected chi connectivity index (χ3v) is 5.56. The summed E-state index contributed by atoms with van der Waals surface area (Å²) in [7, 11) is 1.60. The molecule has 6 nitrogen and oxygen atoms in total. The number of urea groups is 1. The molecule has 0 aromatic heterocycles. The van der Waals surface area contributed by atoms with Gasteiger partial charge in [-0.25, -0.2) is 4.79 Å². The minimum atomic E-state index is -0.322. The second kappa shape index (κ2) is 7.92. The van der Waals surface area contributed by atoms with Crippen LogP contribution >= 0.6 is 0 Å². The predicted octanol–water partition coefficient (Wildman–Crippen LogP) is 4.42. The van der Waals surface area contributed by atoms with Gasteiger partial charge < -0.3 is 20.3 Å². The molecule has 146 valence electrons. The van der Waals surface area contributed by atoms with Gasteiger partial charge in [0.15, 0.2) is 0 Å². The molecule has 0 bridgehead atoms. The Labute approximate surface area is 164 Å². The van der Waals surface area contributed by atoms with E-state index in [0.717, 1.165) is 55.6 Å². The van der Waals surface area contributed by atoms with Crippen molar-refractivity contribution in [2.24, 2.45) is 5.92 Å². The van der Waals surface area contributed by atoms with E-state index in [4.69, 9.17) is 4.74 Å². The summed E-state index contributed by atoms with van der Waals surface area (Å²) in [6.45, 7) is 0.728. The van der Waals surface area contributed by atoms with Crippen molar-refractivity contribution >= 4 is 29.0 Å². The summed E-state index contributed by atoms with van der Waals surface area (Å²) in [5.41, 5.74) is 3.44. The Bertz CT molecular complexity index is 873. The molecule has 2 aromatic rings. The molecule has 1 saturated carbocycles. The summed E-state index contributed by atoms with van der Waals surface area (Å²) >= 11 is 0. The van der Waals surface area contributed by atoms with Crippen LogP contribution in [0.1, 0.15) is 31.2 Å². The summed E-state index contributed by atoms with van der Waals surface area (Å²) in [6, 6.07) is 12.6. The van der Waals surface area contributed by atoms with Crippen molar-refractivity contribution in [3.8, 4) is 5.75 Å². The maximum atomic E-state index is 12.9. The Morgan fingerprint density at radius 3 is 2.39 bits per heavy atom. The van der Waals surface area contributed by atoms with E-state index in [-0.39, 0.29) is 17.9 Å². The molecule has 0 radical (unpaired) electrons. The fraction of sp³-hybridized carbons (Fsp3) is 0.364. The molecule has 2 aromatic carbocycles. The van der Waals surface area contributed by atoms with Gasteiger partial charge in [-0.1, -0.05) is 18.9 Å². The van der Waals surface area contributed by atoms with Crippen LogP contribution in [0.5, 0.6) is 5.75 Å². The van der Waals surface area contributed by atoms with Crippen LogP contribution in [0.4, 0.5) is 21.9 Å². The Morgan fingerprint density at radius 1 is 1.00 bits per heavy atom. The molecule has 1 aliphatic heterocycles. The maximum absolute atomic E-state index is 12.9. The first kappa shape index (κ1) is 18.3. The van der Waals surface area contributed by atoms with E-state index in [1.165, 1.54) is 0 Å². The number of hydrogen-bond acceptors (Lipinski definition) is 3. The number of nitrogens with one attached hydrogen (secondary N) is 2. The van der Waals surface area contributed by atoms with Gasteiger partial charge in [0, 0.05) is 29.5 Å². The van der Waals surface area contributed by atoms with Gasteiger partial charge in [0.05, 0.1) is 7.11 Å². The van der Waals surface area contributed by atoms with Gasteiger partial charge in [-0.3, -0.25) is 4.79 Å². The number of methoxy groups -OCH3 is 1. The quantitative estimate of drug-likeness (QED) is 0.826. The number of hydrogen-bond donors (Lipinski definition) is 2. The number of carbonyl (C=O) groups is 2. The highest BCUT2D eigenvalue weighted by atomic mass is 16.5. The lowest BCUT2D eigenvalue weighted by Crippen LogP contribution is -2.33. The van der Waals surface area contributed by atoms with Crippen LogP contribution in [-0.4, -0.2) is 25.6 Å². The van der Waals surface area contributed by atoms with Crippen molar-refractivity contribution in [1.29, 1.82) is 0 Å². The first-order valence-corrected chi connectivity index (χ1v) is 9.80. The normalized spacial score (nSPS) is 16.0. The maximum Gasteiger partial charge on any atom is 0.323 e. The Kier molecular flexibility index (Phi) is 5.19. The van der Waals surface area contributed by atoms with Crippen LogP contribution in [0.3, 0.4) is 0 Å². The van der Waals surface area contributed by atoms with Gasteiger partial charge >= 0.3 is 6.03 Å². The highest BCUT2D eigenvalue weighted by Crippen LogP contribution is 2.35. The van der Waals surface area contributed by atoms with Gasteiger partial charge in [-0.2, -0.15) is 0 Å². The summed E-state index contributed by atoms with van der Waals surface area (Å²) in [5.74, 6) is 1.12. The summed E-state index contributed by atoms with van der Waals surface area (Å²) in [6.07, 6.45) is 5.14. The molecule has 0 unspecified atom stereocenters. The standard InChI is InChI=1S/C22H25N3O3/c1-28-19-10-8-17(9-11-19)23-22(27)24-18-7-6-15-12-13-25(20(15)14-18)21(26)16-4-2-3-5-16/h6-11,14,16H,2-5,12-13H2,1H3,(H2,23,24,27). The first-order valence-electron chi connectivity index (χ1n) is 9.80. The zero-order chi connectivity index (χ0) is 19.5. The molecule has 0 spiro atoms. The molecule has 4 rings (SSSR count). The summed E-state index contributed by atoms with van der Waals surface area (Å²) in [4.78, 5) is 27.1. The lowest BCUT2D eigenvalue weighted by Gasteiger charge is -2.21. The van der Waals surface area contributed by atoms with Crippen molar-refractivity contribution < 1.29 is 14.3 Å². The smallest absolute Gasteiger partial charge is 0.323 e. The Morgan fingerprint density at radius 2 is 1.68 bits per heavy atom. The van der Waals surface area contributed by atoms with Crippen LogP contribution in [0.2, 0.25) is 0 Å². The van der Waals surface area contributed by atoms with E-state index in [1.54, 1.807) is 31.4 Å². The first-order chi connectivity index (χ1) is 13.6. The number of amides is 3. The highest BCUT2D eigenvalue weighted by Gasteiger charge is 2.31. The van der Waals surface area contributed by atoms with Crippen LogP contribution in [0.25, 0.3) is 0 Å². The average molecular weight is 379 g/mol. The van der Waals surface area contributed by atoms with E-state index in [9.17, 15) is 9.59 Å². The largest absolute Gasteiger partial charge is 0.497 e. The fourth-order valence-electron chi connectivity index (χ4n) is 4.05. The minimum absolute atomic E-state index is 0.154. The lowest BCUT2D eigenvalue weighted by atomic mass is 10.1. The van der Waals surface area contributed by atoms with Crippen molar-refractivity contribution in [1.82, 2.24) is 0 Å². The highest BCUT2D eigenvalue weighted by molar-refractivity contribution is 6.01. The predicted molar refractivity (Wildman–Crippen MR) is 110 cm³/mol. The molecule has 1 fully saturated rings. The SMILES string of the molecule is COc1ccc(NC(=O)Nc2ccc3c(c2)N(C(=O)C2CCCC2)CC3)cc1. The molecular formula is C22H25N3O3. The lowest BCUT2D eigenvalue weighted by molar-refractivity contribution is -0.122. The molecule has 6 heteroatoms. The summed E-state index contributed by atoms with van der Waals surface area (Å²) < 4.78 is 5.12. The molecule has 1 heterocycles. The van der Waals surface area contributed by atoms with Crippen LogP contribution in [-0.2, 0) is 11.2 Å². The second-order valence-electron chi connectivity index (χ2n) is 7.37. The number of nitrogens with zero attached hydrogens (tertiary/aromatic N) is 1. The van der Waals surface area contributed by atoms with Gasteiger partial charge in [0.25, 0.3) is 0 Å². The van der Waals surface area contributed by atoms with E-state index in [1.807, 2.05) is 23.1 Å². The minimum Gasteiger partial charge on any atom is -0.497 e. The molecule has 2 aliphatic rings. The molecule has 0 saturated heterocycles. The zero-order valence-electron chi connectivity index (χ0n) is 16.0. The van der Waals surface area contributed by atoms with E-state index in [2.05, 4.69) is 10.6 Å². The number of anilines is 3.